The number of carbonyl (C=O) groups excluding carboxylic acids is 2. The summed E-state index contributed by atoms with van der Waals surface area (Å²) < 4.78 is 40.4. The molecule has 0 fully saturated rings. The van der Waals surface area contributed by atoms with Crippen LogP contribution in [0.3, 0.4) is 0 Å². The number of sulfonamides is 1. The Balaban J connectivity index is 1.72. The van der Waals surface area contributed by atoms with Crippen LogP contribution in [0.15, 0.2) is 47.4 Å². The molecule has 0 saturated carbocycles. The molecule has 2 amide bonds. The lowest BCUT2D eigenvalue weighted by molar-refractivity contribution is 0.0656. The van der Waals surface area contributed by atoms with E-state index in [4.69, 9.17) is 11.6 Å². The minimum atomic E-state index is -3.90. The summed E-state index contributed by atoms with van der Waals surface area (Å²) in [6.07, 6.45) is 0. The van der Waals surface area contributed by atoms with E-state index in [0.29, 0.717) is 0 Å². The van der Waals surface area contributed by atoms with Gasteiger partial charge in [0.15, 0.2) is 0 Å². The highest BCUT2D eigenvalue weighted by atomic mass is 35.5. The summed E-state index contributed by atoms with van der Waals surface area (Å²) >= 11 is 5.86. The molecule has 3 rings (SSSR count). The van der Waals surface area contributed by atoms with Crippen LogP contribution >= 0.6 is 11.6 Å². The number of hydrogen-bond donors (Lipinski definition) is 1. The molecule has 0 aromatic heterocycles. The minimum absolute atomic E-state index is 0.0287. The first kappa shape index (κ1) is 17.5. The Morgan fingerprint density at radius 3 is 2.44 bits per heavy atom. The molecule has 1 heterocycles. The fourth-order valence-electron chi connectivity index (χ4n) is 2.53. The zero-order valence-electron chi connectivity index (χ0n) is 12.7. The zero-order valence-corrected chi connectivity index (χ0v) is 14.3. The Kier molecular flexibility index (Phi) is 4.59. The third-order valence-electron chi connectivity index (χ3n) is 3.70. The van der Waals surface area contributed by atoms with Gasteiger partial charge in [-0.2, -0.15) is 0 Å². The quantitative estimate of drug-likeness (QED) is 0.802. The third kappa shape index (κ3) is 3.15. The molecule has 9 heteroatoms. The van der Waals surface area contributed by atoms with E-state index in [-0.39, 0.29) is 34.1 Å². The number of nitrogens with zero attached hydrogens (tertiary/aromatic N) is 1. The standard InChI is InChI=1S/C16H12ClFN2O4S/c17-11-5-1-2-7-13(11)25(23,24)19-8-9-20-15(21)10-4-3-6-12(18)14(10)16(20)22/h1-7,19H,8-9H2. The number of hydrogen-bond acceptors (Lipinski definition) is 4. The molecule has 0 atom stereocenters. The van der Waals surface area contributed by atoms with E-state index in [1.807, 2.05) is 0 Å². The SMILES string of the molecule is O=C1c2cccc(F)c2C(=O)N1CCNS(=O)(=O)c1ccccc1Cl. The summed E-state index contributed by atoms with van der Waals surface area (Å²) in [4.78, 5) is 25.1. The van der Waals surface area contributed by atoms with Gasteiger partial charge >= 0.3 is 0 Å². The van der Waals surface area contributed by atoms with Crippen molar-refractivity contribution in [2.24, 2.45) is 0 Å². The molecule has 0 aliphatic carbocycles. The molecule has 0 saturated heterocycles. The van der Waals surface area contributed by atoms with Gasteiger partial charge in [0.1, 0.15) is 10.7 Å². The molecule has 0 spiro atoms. The van der Waals surface area contributed by atoms with Crippen molar-refractivity contribution in [2.45, 2.75) is 4.90 Å². The predicted molar refractivity (Wildman–Crippen MR) is 88.4 cm³/mol. The largest absolute Gasteiger partial charge is 0.273 e. The maximum absolute atomic E-state index is 13.7. The summed E-state index contributed by atoms with van der Waals surface area (Å²) in [6, 6.07) is 9.66. The number of fused-ring (bicyclic) bond motifs is 1. The fourth-order valence-corrected chi connectivity index (χ4v) is 4.07. The second-order valence-corrected chi connectivity index (χ2v) is 7.40. The Morgan fingerprint density at radius 2 is 1.76 bits per heavy atom. The second kappa shape index (κ2) is 6.55. The van der Waals surface area contributed by atoms with Crippen LogP contribution in [0, 0.1) is 5.82 Å². The van der Waals surface area contributed by atoms with Gasteiger partial charge in [-0.05, 0) is 24.3 Å². The van der Waals surface area contributed by atoms with Gasteiger partial charge in [0.25, 0.3) is 11.8 Å². The lowest BCUT2D eigenvalue weighted by atomic mass is 10.1. The molecule has 25 heavy (non-hydrogen) atoms. The van der Waals surface area contributed by atoms with Crippen LogP contribution in [0.4, 0.5) is 4.39 Å². The van der Waals surface area contributed by atoms with Gasteiger partial charge < -0.3 is 0 Å². The summed E-state index contributed by atoms with van der Waals surface area (Å²) in [6.45, 7) is -0.448. The molecule has 130 valence electrons. The lowest BCUT2D eigenvalue weighted by Crippen LogP contribution is -2.38. The van der Waals surface area contributed by atoms with Crippen molar-refractivity contribution in [3.05, 3.63) is 64.4 Å². The van der Waals surface area contributed by atoms with Crippen LogP contribution in [-0.4, -0.2) is 38.2 Å². The van der Waals surface area contributed by atoms with Gasteiger partial charge in [-0.15, -0.1) is 0 Å². The van der Waals surface area contributed by atoms with Gasteiger partial charge in [0.05, 0.1) is 16.1 Å². The van der Waals surface area contributed by atoms with Gasteiger partial charge in [0.2, 0.25) is 10.0 Å². The number of carbonyl (C=O) groups is 2. The Hall–Kier alpha value is -2.29. The molecule has 0 bridgehead atoms. The van der Waals surface area contributed by atoms with Crippen molar-refractivity contribution in [1.29, 1.82) is 0 Å². The Morgan fingerprint density at radius 1 is 1.04 bits per heavy atom. The summed E-state index contributed by atoms with van der Waals surface area (Å²) in [7, 11) is -3.90. The van der Waals surface area contributed by atoms with Crippen molar-refractivity contribution in [1.82, 2.24) is 9.62 Å². The third-order valence-corrected chi connectivity index (χ3v) is 5.66. The van der Waals surface area contributed by atoms with Crippen molar-refractivity contribution >= 4 is 33.4 Å². The summed E-state index contributed by atoms with van der Waals surface area (Å²) in [5.74, 6) is -2.22. The molecule has 2 aromatic carbocycles. The van der Waals surface area contributed by atoms with E-state index in [1.165, 1.54) is 30.3 Å². The molecular formula is C16H12ClFN2O4S. The number of benzene rings is 2. The summed E-state index contributed by atoms with van der Waals surface area (Å²) in [5, 5.41) is 0.0535. The van der Waals surface area contributed by atoms with Gasteiger partial charge in [-0.1, -0.05) is 29.8 Å². The fraction of sp³-hybridized carbons (Fsp3) is 0.125. The van der Waals surface area contributed by atoms with E-state index in [2.05, 4.69) is 4.72 Å². The average molecular weight is 383 g/mol. The second-order valence-electron chi connectivity index (χ2n) is 5.25. The van der Waals surface area contributed by atoms with Crippen molar-refractivity contribution in [2.75, 3.05) is 13.1 Å². The molecular weight excluding hydrogens is 371 g/mol. The van der Waals surface area contributed by atoms with Crippen LogP contribution in [-0.2, 0) is 10.0 Å². The van der Waals surface area contributed by atoms with E-state index in [9.17, 15) is 22.4 Å². The Labute approximate surface area is 148 Å². The average Bonchev–Trinajstić information content (AvgIpc) is 2.81. The van der Waals surface area contributed by atoms with Gasteiger partial charge in [-0.3, -0.25) is 14.5 Å². The highest BCUT2D eigenvalue weighted by molar-refractivity contribution is 7.89. The maximum atomic E-state index is 13.7. The summed E-state index contributed by atoms with van der Waals surface area (Å²) in [5.41, 5.74) is -0.319. The number of nitrogens with one attached hydrogen (secondary N) is 1. The number of rotatable bonds is 5. The van der Waals surface area contributed by atoms with Gasteiger partial charge in [-0.25, -0.2) is 17.5 Å². The number of amides is 2. The molecule has 1 aliphatic heterocycles. The smallest absolute Gasteiger partial charge is 0.264 e. The van der Waals surface area contributed by atoms with E-state index in [1.54, 1.807) is 6.07 Å². The molecule has 0 unspecified atom stereocenters. The van der Waals surface area contributed by atoms with Crippen LogP contribution in [0.25, 0.3) is 0 Å². The molecule has 1 N–H and O–H groups in total. The highest BCUT2D eigenvalue weighted by Crippen LogP contribution is 2.25. The topological polar surface area (TPSA) is 83.6 Å². The van der Waals surface area contributed by atoms with E-state index >= 15 is 0 Å². The molecule has 0 radical (unpaired) electrons. The lowest BCUT2D eigenvalue weighted by Gasteiger charge is -2.14. The van der Waals surface area contributed by atoms with Crippen molar-refractivity contribution in [3.8, 4) is 0 Å². The van der Waals surface area contributed by atoms with Crippen LogP contribution in [0.2, 0.25) is 5.02 Å². The first-order chi connectivity index (χ1) is 11.8. The monoisotopic (exact) mass is 382 g/mol. The normalized spacial score (nSPS) is 14.1. The first-order valence-electron chi connectivity index (χ1n) is 7.22. The zero-order chi connectivity index (χ0) is 18.2. The minimum Gasteiger partial charge on any atom is -0.273 e. The number of halogens is 2. The van der Waals surface area contributed by atoms with Crippen LogP contribution in [0.5, 0.6) is 0 Å². The highest BCUT2D eigenvalue weighted by Gasteiger charge is 2.37. The van der Waals surface area contributed by atoms with E-state index in [0.717, 1.165) is 11.0 Å². The number of imide groups is 1. The first-order valence-corrected chi connectivity index (χ1v) is 9.08. The Bertz CT molecular complexity index is 978. The molecule has 1 aliphatic rings. The van der Waals surface area contributed by atoms with Gasteiger partial charge in [0, 0.05) is 13.1 Å². The van der Waals surface area contributed by atoms with Crippen LogP contribution < -0.4 is 4.72 Å². The van der Waals surface area contributed by atoms with Crippen LogP contribution in [0.1, 0.15) is 20.7 Å². The van der Waals surface area contributed by atoms with Crippen molar-refractivity contribution in [3.63, 3.8) is 0 Å². The van der Waals surface area contributed by atoms with E-state index < -0.39 is 27.7 Å². The predicted octanol–water partition coefficient (Wildman–Crippen LogP) is 2.05. The maximum Gasteiger partial charge on any atom is 0.264 e. The molecule has 6 nitrogen and oxygen atoms in total. The van der Waals surface area contributed by atoms with Crippen molar-refractivity contribution < 1.29 is 22.4 Å². The molecule has 2 aromatic rings.